The molecular weight excluding hydrogens is 228 g/mol. The van der Waals surface area contributed by atoms with Crippen LogP contribution in [0.5, 0.6) is 0 Å². The quantitative estimate of drug-likeness (QED) is 0.822. The van der Waals surface area contributed by atoms with E-state index in [-0.39, 0.29) is 5.56 Å². The lowest BCUT2D eigenvalue weighted by atomic mass is 10.2. The zero-order valence-electron chi connectivity index (χ0n) is 8.22. The van der Waals surface area contributed by atoms with Crippen LogP contribution in [0.15, 0.2) is 30.5 Å². The Morgan fingerprint density at radius 3 is 2.62 bits per heavy atom. The van der Waals surface area contributed by atoms with Gasteiger partial charge in [-0.15, -0.1) is 0 Å². The predicted octanol–water partition coefficient (Wildman–Crippen LogP) is 1.21. The first-order valence-corrected chi connectivity index (χ1v) is 4.86. The number of hydrogen-bond donors (Lipinski definition) is 2. The summed E-state index contributed by atoms with van der Waals surface area (Å²) in [7, 11) is 0. The third-order valence-corrected chi connectivity index (χ3v) is 2.41. The molecule has 82 valence electrons. The Morgan fingerprint density at radius 1 is 1.38 bits per heavy atom. The molecule has 0 atom stereocenters. The fourth-order valence-corrected chi connectivity index (χ4v) is 1.60. The van der Waals surface area contributed by atoms with Crippen molar-refractivity contribution in [1.82, 2.24) is 9.78 Å². The molecule has 5 nitrogen and oxygen atoms in total. The molecule has 0 fully saturated rings. The van der Waals surface area contributed by atoms with Crippen LogP contribution in [0, 0.1) is 0 Å². The van der Waals surface area contributed by atoms with Crippen molar-refractivity contribution < 1.29 is 4.79 Å². The van der Waals surface area contributed by atoms with Crippen molar-refractivity contribution in [2.45, 2.75) is 0 Å². The van der Waals surface area contributed by atoms with E-state index in [1.54, 1.807) is 35.1 Å². The van der Waals surface area contributed by atoms with Crippen LogP contribution in [0.1, 0.15) is 10.4 Å². The maximum absolute atomic E-state index is 11.0. The summed E-state index contributed by atoms with van der Waals surface area (Å²) in [5.41, 5.74) is 11.6. The Hall–Kier alpha value is -2.01. The highest BCUT2D eigenvalue weighted by Crippen LogP contribution is 2.19. The lowest BCUT2D eigenvalue weighted by Crippen LogP contribution is -2.11. The van der Waals surface area contributed by atoms with E-state index < -0.39 is 5.91 Å². The number of aromatic nitrogens is 2. The number of hydrogen-bond acceptors (Lipinski definition) is 3. The van der Waals surface area contributed by atoms with Gasteiger partial charge in [-0.2, -0.15) is 5.10 Å². The highest BCUT2D eigenvalue weighted by Gasteiger charge is 2.08. The van der Waals surface area contributed by atoms with Crippen LogP contribution in [-0.4, -0.2) is 15.7 Å². The molecular formula is C10H9ClN4O. The van der Waals surface area contributed by atoms with Crippen LogP contribution < -0.4 is 11.5 Å². The first kappa shape index (κ1) is 10.5. The molecule has 0 bridgehead atoms. The van der Waals surface area contributed by atoms with Crippen molar-refractivity contribution in [3.63, 3.8) is 0 Å². The minimum atomic E-state index is -0.559. The first-order chi connectivity index (χ1) is 7.58. The number of rotatable bonds is 2. The Morgan fingerprint density at radius 2 is 2.12 bits per heavy atom. The standard InChI is InChI=1S/C10H9ClN4O/c11-8-5-6(1-2-7(8)10(13)16)15-4-3-9(12)14-15/h1-5H,(H2,12,14)(H2,13,16). The van der Waals surface area contributed by atoms with Crippen molar-refractivity contribution in [2.75, 3.05) is 5.73 Å². The second-order valence-electron chi connectivity index (χ2n) is 3.21. The van der Waals surface area contributed by atoms with E-state index in [9.17, 15) is 4.79 Å². The molecule has 0 aliphatic rings. The van der Waals surface area contributed by atoms with E-state index >= 15 is 0 Å². The van der Waals surface area contributed by atoms with Gasteiger partial charge in [0, 0.05) is 12.3 Å². The molecule has 1 heterocycles. The number of nitrogen functional groups attached to an aromatic ring is 1. The number of primary amides is 1. The average Bonchev–Trinajstić information content (AvgIpc) is 2.64. The monoisotopic (exact) mass is 236 g/mol. The Balaban J connectivity index is 2.45. The molecule has 16 heavy (non-hydrogen) atoms. The number of benzene rings is 1. The predicted molar refractivity (Wildman–Crippen MR) is 61.5 cm³/mol. The van der Waals surface area contributed by atoms with Gasteiger partial charge >= 0.3 is 0 Å². The summed E-state index contributed by atoms with van der Waals surface area (Å²) in [6, 6.07) is 6.51. The fourth-order valence-electron chi connectivity index (χ4n) is 1.33. The SMILES string of the molecule is NC(=O)c1ccc(-n2ccc(N)n2)cc1Cl. The van der Waals surface area contributed by atoms with Crippen LogP contribution >= 0.6 is 11.6 Å². The van der Waals surface area contributed by atoms with Gasteiger partial charge in [-0.25, -0.2) is 4.68 Å². The van der Waals surface area contributed by atoms with Crippen molar-refractivity contribution in [1.29, 1.82) is 0 Å². The molecule has 0 aliphatic carbocycles. The second kappa shape index (κ2) is 3.86. The van der Waals surface area contributed by atoms with E-state index in [0.29, 0.717) is 16.5 Å². The largest absolute Gasteiger partial charge is 0.382 e. The summed E-state index contributed by atoms with van der Waals surface area (Å²) in [6.45, 7) is 0. The molecule has 4 N–H and O–H groups in total. The summed E-state index contributed by atoms with van der Waals surface area (Å²) < 4.78 is 1.56. The molecule has 1 amide bonds. The molecule has 0 radical (unpaired) electrons. The third kappa shape index (κ3) is 1.85. The van der Waals surface area contributed by atoms with Gasteiger partial charge in [-0.1, -0.05) is 11.6 Å². The molecule has 0 unspecified atom stereocenters. The van der Waals surface area contributed by atoms with Crippen molar-refractivity contribution in [3.8, 4) is 5.69 Å². The summed E-state index contributed by atoms with van der Waals surface area (Å²) >= 11 is 5.91. The maximum atomic E-state index is 11.0. The summed E-state index contributed by atoms with van der Waals surface area (Å²) in [4.78, 5) is 11.0. The number of carbonyl (C=O) groups is 1. The summed E-state index contributed by atoms with van der Waals surface area (Å²) in [5.74, 6) is -0.147. The number of amides is 1. The second-order valence-corrected chi connectivity index (χ2v) is 3.62. The van der Waals surface area contributed by atoms with Gasteiger partial charge in [0.1, 0.15) is 5.82 Å². The van der Waals surface area contributed by atoms with Crippen LogP contribution in [-0.2, 0) is 0 Å². The molecule has 2 aromatic rings. The average molecular weight is 237 g/mol. The molecule has 0 aliphatic heterocycles. The van der Waals surface area contributed by atoms with Crippen LogP contribution in [0.3, 0.4) is 0 Å². The highest BCUT2D eigenvalue weighted by atomic mass is 35.5. The number of nitrogens with zero attached hydrogens (tertiary/aromatic N) is 2. The van der Waals surface area contributed by atoms with Gasteiger partial charge < -0.3 is 11.5 Å². The molecule has 0 saturated heterocycles. The van der Waals surface area contributed by atoms with Crippen molar-refractivity contribution in [3.05, 3.63) is 41.0 Å². The number of nitrogens with two attached hydrogens (primary N) is 2. The summed E-state index contributed by atoms with van der Waals surface area (Å²) in [5, 5.41) is 4.31. The molecule has 0 saturated carbocycles. The Labute approximate surface area is 96.6 Å². The zero-order chi connectivity index (χ0) is 11.7. The number of halogens is 1. The molecule has 0 spiro atoms. The van der Waals surface area contributed by atoms with Gasteiger partial charge in [0.15, 0.2) is 0 Å². The van der Waals surface area contributed by atoms with E-state index in [4.69, 9.17) is 23.1 Å². The minimum Gasteiger partial charge on any atom is -0.382 e. The first-order valence-electron chi connectivity index (χ1n) is 4.49. The normalized spacial score (nSPS) is 10.3. The van der Waals surface area contributed by atoms with E-state index in [1.807, 2.05) is 0 Å². The smallest absolute Gasteiger partial charge is 0.250 e. The van der Waals surface area contributed by atoms with Gasteiger partial charge in [-0.3, -0.25) is 4.79 Å². The highest BCUT2D eigenvalue weighted by molar-refractivity contribution is 6.34. The summed E-state index contributed by atoms with van der Waals surface area (Å²) in [6.07, 6.45) is 1.70. The lowest BCUT2D eigenvalue weighted by molar-refractivity contribution is 0.100. The van der Waals surface area contributed by atoms with Crippen LogP contribution in [0.25, 0.3) is 5.69 Å². The molecule has 1 aromatic carbocycles. The Bertz CT molecular complexity index is 550. The molecule has 6 heteroatoms. The van der Waals surface area contributed by atoms with Gasteiger partial charge in [0.25, 0.3) is 0 Å². The third-order valence-electron chi connectivity index (χ3n) is 2.09. The van der Waals surface area contributed by atoms with E-state index in [2.05, 4.69) is 5.10 Å². The number of carbonyl (C=O) groups excluding carboxylic acids is 1. The van der Waals surface area contributed by atoms with Crippen molar-refractivity contribution >= 4 is 23.3 Å². The fraction of sp³-hybridized carbons (Fsp3) is 0. The van der Waals surface area contributed by atoms with Gasteiger partial charge in [0.05, 0.1) is 16.3 Å². The van der Waals surface area contributed by atoms with Crippen molar-refractivity contribution in [2.24, 2.45) is 5.73 Å². The Kier molecular flexibility index (Phi) is 2.54. The lowest BCUT2D eigenvalue weighted by Gasteiger charge is -2.04. The zero-order valence-corrected chi connectivity index (χ0v) is 8.98. The minimum absolute atomic E-state index is 0.283. The maximum Gasteiger partial charge on any atom is 0.250 e. The number of anilines is 1. The topological polar surface area (TPSA) is 86.9 Å². The molecule has 1 aromatic heterocycles. The van der Waals surface area contributed by atoms with Crippen LogP contribution in [0.4, 0.5) is 5.82 Å². The van der Waals surface area contributed by atoms with E-state index in [0.717, 1.165) is 0 Å². The van der Waals surface area contributed by atoms with Crippen LogP contribution in [0.2, 0.25) is 5.02 Å². The van der Waals surface area contributed by atoms with E-state index in [1.165, 1.54) is 0 Å². The van der Waals surface area contributed by atoms with Gasteiger partial charge in [-0.05, 0) is 18.2 Å². The van der Waals surface area contributed by atoms with Gasteiger partial charge in [0.2, 0.25) is 5.91 Å². The molecule has 2 rings (SSSR count).